The summed E-state index contributed by atoms with van der Waals surface area (Å²) in [5.74, 6) is -0.384. The van der Waals surface area contributed by atoms with Crippen molar-refractivity contribution in [3.63, 3.8) is 0 Å². The van der Waals surface area contributed by atoms with Gasteiger partial charge in [0.2, 0.25) is 0 Å². The number of fused-ring (bicyclic) bond motifs is 1. The van der Waals surface area contributed by atoms with Crippen LogP contribution in [0.2, 0.25) is 0 Å². The van der Waals surface area contributed by atoms with Crippen LogP contribution >= 0.6 is 0 Å². The molecule has 2 aliphatic rings. The van der Waals surface area contributed by atoms with Gasteiger partial charge >= 0.3 is 5.97 Å². The molecule has 0 bridgehead atoms. The van der Waals surface area contributed by atoms with E-state index < -0.39 is 5.97 Å². The molecule has 12 heavy (non-hydrogen) atoms. The fourth-order valence-electron chi connectivity index (χ4n) is 1.91. The average molecular weight is 165 g/mol. The maximum Gasteiger partial charge on any atom is 0.333 e. The summed E-state index contributed by atoms with van der Waals surface area (Å²) < 4.78 is 0. The molecule has 1 saturated carbocycles. The van der Waals surface area contributed by atoms with E-state index in [1.807, 2.05) is 0 Å². The van der Waals surface area contributed by atoms with E-state index in [-0.39, 0.29) is 0 Å². The van der Waals surface area contributed by atoms with Crippen molar-refractivity contribution in [2.45, 2.75) is 25.7 Å². The fourth-order valence-corrected chi connectivity index (χ4v) is 1.91. The number of hydrogen-bond donors (Lipinski definition) is 1. The van der Waals surface area contributed by atoms with Crippen molar-refractivity contribution in [2.75, 3.05) is 0 Å². The summed E-state index contributed by atoms with van der Waals surface area (Å²) in [7, 11) is 0. The standard InChI is InChI=1S/C9H11NO2/c11-9(12)7-4-6-2-1-3-8(6)10-5-7/h5-6H,1-4H2,(H,11,12). The average Bonchev–Trinajstić information content (AvgIpc) is 2.49. The Morgan fingerprint density at radius 3 is 3.25 bits per heavy atom. The van der Waals surface area contributed by atoms with Gasteiger partial charge in [0.25, 0.3) is 0 Å². The molecule has 1 aliphatic heterocycles. The summed E-state index contributed by atoms with van der Waals surface area (Å²) in [5.41, 5.74) is 1.67. The maximum atomic E-state index is 10.6. The Bertz CT molecular complexity index is 278. The Labute approximate surface area is 70.8 Å². The van der Waals surface area contributed by atoms with Crippen LogP contribution in [-0.4, -0.2) is 16.8 Å². The Hall–Kier alpha value is -1.12. The summed E-state index contributed by atoms with van der Waals surface area (Å²) in [5, 5.41) is 8.72. The van der Waals surface area contributed by atoms with E-state index in [1.54, 1.807) is 0 Å². The lowest BCUT2D eigenvalue weighted by molar-refractivity contribution is -0.132. The molecule has 3 heteroatoms. The van der Waals surface area contributed by atoms with E-state index >= 15 is 0 Å². The van der Waals surface area contributed by atoms with Crippen LogP contribution in [0.4, 0.5) is 0 Å². The summed E-state index contributed by atoms with van der Waals surface area (Å²) in [6, 6.07) is 0. The second-order valence-electron chi connectivity index (χ2n) is 3.37. The second kappa shape index (κ2) is 2.73. The van der Waals surface area contributed by atoms with Gasteiger partial charge < -0.3 is 5.11 Å². The first-order chi connectivity index (χ1) is 5.77. The molecule has 1 atom stereocenters. The number of nitrogens with zero attached hydrogens (tertiary/aromatic N) is 1. The first-order valence-corrected chi connectivity index (χ1v) is 4.26. The van der Waals surface area contributed by atoms with Crippen LogP contribution in [0.25, 0.3) is 0 Å². The Morgan fingerprint density at radius 1 is 1.67 bits per heavy atom. The molecule has 1 aliphatic carbocycles. The topological polar surface area (TPSA) is 49.7 Å². The van der Waals surface area contributed by atoms with Gasteiger partial charge in [0.15, 0.2) is 0 Å². The molecule has 2 rings (SSSR count). The molecule has 64 valence electrons. The van der Waals surface area contributed by atoms with Gasteiger partial charge in [-0.25, -0.2) is 4.79 Å². The van der Waals surface area contributed by atoms with Crippen molar-refractivity contribution in [3.8, 4) is 0 Å². The molecular formula is C9H11NO2. The third-order valence-electron chi connectivity index (χ3n) is 2.58. The van der Waals surface area contributed by atoms with Crippen molar-refractivity contribution >= 4 is 11.7 Å². The van der Waals surface area contributed by atoms with Crippen molar-refractivity contribution in [1.29, 1.82) is 0 Å². The number of aliphatic carboxylic acids is 1. The molecule has 0 aromatic rings. The number of carboxylic acid groups (broad SMARTS) is 1. The van der Waals surface area contributed by atoms with E-state index in [0.717, 1.165) is 12.8 Å². The molecule has 3 nitrogen and oxygen atoms in total. The fraction of sp³-hybridized carbons (Fsp3) is 0.556. The van der Waals surface area contributed by atoms with E-state index in [2.05, 4.69) is 4.99 Å². The summed E-state index contributed by atoms with van der Waals surface area (Å²) in [6.07, 6.45) is 5.55. The maximum absolute atomic E-state index is 10.6. The van der Waals surface area contributed by atoms with Crippen molar-refractivity contribution < 1.29 is 9.90 Å². The smallest absolute Gasteiger partial charge is 0.333 e. The van der Waals surface area contributed by atoms with Gasteiger partial charge in [-0.2, -0.15) is 0 Å². The highest BCUT2D eigenvalue weighted by Gasteiger charge is 2.27. The van der Waals surface area contributed by atoms with Crippen LogP contribution in [0.3, 0.4) is 0 Å². The lowest BCUT2D eigenvalue weighted by Gasteiger charge is -2.14. The molecule has 0 spiro atoms. The number of carboxylic acids is 1. The molecule has 0 amide bonds. The van der Waals surface area contributed by atoms with Gasteiger partial charge in [-0.1, -0.05) is 0 Å². The quantitative estimate of drug-likeness (QED) is 0.641. The first kappa shape index (κ1) is 7.53. The monoisotopic (exact) mass is 165 g/mol. The Morgan fingerprint density at radius 2 is 2.50 bits per heavy atom. The minimum Gasteiger partial charge on any atom is -0.478 e. The van der Waals surface area contributed by atoms with Gasteiger partial charge in [0.1, 0.15) is 0 Å². The van der Waals surface area contributed by atoms with Crippen molar-refractivity contribution in [2.24, 2.45) is 10.9 Å². The van der Waals surface area contributed by atoms with E-state index in [1.165, 1.54) is 18.3 Å². The number of carbonyl (C=O) groups is 1. The molecule has 0 aromatic carbocycles. The van der Waals surface area contributed by atoms with Crippen LogP contribution < -0.4 is 0 Å². The predicted molar refractivity (Wildman–Crippen MR) is 45.1 cm³/mol. The van der Waals surface area contributed by atoms with Crippen LogP contribution in [0.5, 0.6) is 0 Å². The normalized spacial score (nSPS) is 27.5. The van der Waals surface area contributed by atoms with Crippen LogP contribution in [0, 0.1) is 5.92 Å². The molecule has 1 heterocycles. The van der Waals surface area contributed by atoms with Gasteiger partial charge in [-0.05, 0) is 25.7 Å². The number of rotatable bonds is 1. The van der Waals surface area contributed by atoms with Gasteiger partial charge in [0.05, 0.1) is 5.57 Å². The van der Waals surface area contributed by atoms with Crippen LogP contribution in [0.1, 0.15) is 25.7 Å². The zero-order valence-electron chi connectivity index (χ0n) is 6.79. The van der Waals surface area contributed by atoms with Crippen LogP contribution in [0.15, 0.2) is 16.8 Å². The highest BCUT2D eigenvalue weighted by atomic mass is 16.4. The molecule has 0 aromatic heterocycles. The molecule has 0 saturated heterocycles. The number of aliphatic imine (C=N–C) groups is 1. The van der Waals surface area contributed by atoms with Crippen molar-refractivity contribution in [1.82, 2.24) is 0 Å². The summed E-state index contributed by atoms with van der Waals surface area (Å²) in [6.45, 7) is 0. The minimum absolute atomic E-state index is 0.432. The van der Waals surface area contributed by atoms with Gasteiger partial charge in [-0.3, -0.25) is 4.99 Å². The third kappa shape index (κ3) is 1.15. The summed E-state index contributed by atoms with van der Waals surface area (Å²) in [4.78, 5) is 14.8. The highest BCUT2D eigenvalue weighted by Crippen LogP contribution is 2.31. The zero-order valence-corrected chi connectivity index (χ0v) is 6.79. The minimum atomic E-state index is -0.815. The van der Waals surface area contributed by atoms with E-state index in [0.29, 0.717) is 17.9 Å². The van der Waals surface area contributed by atoms with Crippen LogP contribution in [-0.2, 0) is 4.79 Å². The second-order valence-corrected chi connectivity index (χ2v) is 3.37. The Balaban J connectivity index is 2.20. The number of hydrogen-bond acceptors (Lipinski definition) is 2. The Kier molecular flexibility index (Phi) is 1.71. The van der Waals surface area contributed by atoms with E-state index in [4.69, 9.17) is 5.11 Å². The lowest BCUT2D eigenvalue weighted by atomic mass is 9.95. The molecule has 1 unspecified atom stereocenters. The molecule has 1 fully saturated rings. The largest absolute Gasteiger partial charge is 0.478 e. The zero-order chi connectivity index (χ0) is 8.55. The molecule has 1 N–H and O–H groups in total. The van der Waals surface area contributed by atoms with E-state index in [9.17, 15) is 4.79 Å². The van der Waals surface area contributed by atoms with Gasteiger partial charge in [0, 0.05) is 17.8 Å². The van der Waals surface area contributed by atoms with Crippen molar-refractivity contribution in [3.05, 3.63) is 11.8 Å². The lowest BCUT2D eigenvalue weighted by Crippen LogP contribution is -2.15. The SMILES string of the molecule is O=C(O)C1=CN=C2CCCC2C1. The first-order valence-electron chi connectivity index (χ1n) is 4.26. The summed E-state index contributed by atoms with van der Waals surface area (Å²) >= 11 is 0. The predicted octanol–water partition coefficient (Wildman–Crippen LogP) is 1.60. The van der Waals surface area contributed by atoms with Gasteiger partial charge in [-0.15, -0.1) is 0 Å². The molecular weight excluding hydrogens is 154 g/mol. The molecule has 0 radical (unpaired) electrons. The third-order valence-corrected chi connectivity index (χ3v) is 2.58. The highest BCUT2D eigenvalue weighted by molar-refractivity contribution is 5.94.